The molecule has 1 aliphatic rings. The number of carbonyl (C=O) groups is 2. The smallest absolute Gasteiger partial charge is 0.475 e. The van der Waals surface area contributed by atoms with Gasteiger partial charge in [-0.1, -0.05) is 18.2 Å². The molecule has 2 rings (SSSR count). The number of rotatable bonds is 1. The quantitative estimate of drug-likeness (QED) is 0.827. The predicted octanol–water partition coefficient (Wildman–Crippen LogP) is 1.64. The molecule has 21 heavy (non-hydrogen) atoms. The number of nitrogens with zero attached hydrogens (tertiary/aromatic N) is 1. The average molecular weight is 304 g/mol. The second-order valence-electron chi connectivity index (χ2n) is 4.38. The van der Waals surface area contributed by atoms with Crippen LogP contribution in [0.2, 0.25) is 0 Å². The Morgan fingerprint density at radius 1 is 1.33 bits per heavy atom. The minimum Gasteiger partial charge on any atom is -0.475 e. The minimum atomic E-state index is -5.08. The molecular weight excluding hydrogens is 289 g/mol. The summed E-state index contributed by atoms with van der Waals surface area (Å²) >= 11 is 0. The molecular formula is C13H15F3N2O3. The van der Waals surface area contributed by atoms with Gasteiger partial charge in [0.05, 0.1) is 6.54 Å². The maximum absolute atomic E-state index is 11.7. The minimum absolute atomic E-state index is 0.148. The fraction of sp³-hybridized carbons (Fsp3) is 0.385. The van der Waals surface area contributed by atoms with Crippen LogP contribution < -0.4 is 10.2 Å². The van der Waals surface area contributed by atoms with E-state index in [1.165, 1.54) is 0 Å². The van der Waals surface area contributed by atoms with E-state index >= 15 is 0 Å². The van der Waals surface area contributed by atoms with Gasteiger partial charge in [-0.25, -0.2) is 4.79 Å². The molecule has 0 aromatic heterocycles. The van der Waals surface area contributed by atoms with Crippen molar-refractivity contribution >= 4 is 17.6 Å². The van der Waals surface area contributed by atoms with Crippen LogP contribution in [0.25, 0.3) is 0 Å². The summed E-state index contributed by atoms with van der Waals surface area (Å²) in [5.74, 6) is -2.61. The van der Waals surface area contributed by atoms with Crippen molar-refractivity contribution in [3.8, 4) is 0 Å². The second kappa shape index (κ2) is 7.07. The number of piperazine rings is 1. The summed E-state index contributed by atoms with van der Waals surface area (Å²) < 4.78 is 31.7. The molecule has 0 saturated carbocycles. The number of para-hydroxylation sites is 1. The normalized spacial score (nSPS) is 18.8. The Morgan fingerprint density at radius 3 is 2.29 bits per heavy atom. The van der Waals surface area contributed by atoms with Gasteiger partial charge in [0.25, 0.3) is 0 Å². The molecule has 1 fully saturated rings. The number of carbonyl (C=O) groups excluding carboxylic acids is 1. The van der Waals surface area contributed by atoms with Crippen LogP contribution in [0, 0.1) is 0 Å². The second-order valence-corrected chi connectivity index (χ2v) is 4.38. The number of amides is 1. The number of halogens is 3. The predicted molar refractivity (Wildman–Crippen MR) is 70.0 cm³/mol. The highest BCUT2D eigenvalue weighted by Gasteiger charge is 2.38. The molecule has 1 amide bonds. The van der Waals surface area contributed by atoms with Gasteiger partial charge in [-0.15, -0.1) is 0 Å². The van der Waals surface area contributed by atoms with E-state index in [0.29, 0.717) is 6.54 Å². The molecule has 1 saturated heterocycles. The van der Waals surface area contributed by atoms with Crippen LogP contribution in [-0.2, 0) is 9.59 Å². The topological polar surface area (TPSA) is 69.6 Å². The summed E-state index contributed by atoms with van der Waals surface area (Å²) in [7, 11) is 0. The van der Waals surface area contributed by atoms with Gasteiger partial charge >= 0.3 is 12.1 Å². The van der Waals surface area contributed by atoms with Gasteiger partial charge in [0.1, 0.15) is 0 Å². The van der Waals surface area contributed by atoms with Crippen LogP contribution in [0.1, 0.15) is 6.92 Å². The lowest BCUT2D eigenvalue weighted by molar-refractivity contribution is -0.192. The van der Waals surface area contributed by atoms with E-state index < -0.39 is 12.1 Å². The molecule has 1 atom stereocenters. The van der Waals surface area contributed by atoms with Gasteiger partial charge < -0.3 is 15.3 Å². The van der Waals surface area contributed by atoms with E-state index in [2.05, 4.69) is 12.2 Å². The summed E-state index contributed by atoms with van der Waals surface area (Å²) in [4.78, 5) is 22.4. The molecule has 0 aliphatic carbocycles. The van der Waals surface area contributed by atoms with Crippen molar-refractivity contribution in [3.05, 3.63) is 30.3 Å². The fourth-order valence-corrected chi connectivity index (χ4v) is 1.80. The summed E-state index contributed by atoms with van der Waals surface area (Å²) in [6.45, 7) is 3.36. The third-order valence-electron chi connectivity index (χ3n) is 2.70. The number of alkyl halides is 3. The van der Waals surface area contributed by atoms with Gasteiger partial charge in [0, 0.05) is 18.3 Å². The summed E-state index contributed by atoms with van der Waals surface area (Å²) in [6.07, 6.45) is -5.08. The Kier molecular flexibility index (Phi) is 5.71. The summed E-state index contributed by atoms with van der Waals surface area (Å²) in [5, 5.41) is 10.2. The first-order valence-corrected chi connectivity index (χ1v) is 6.11. The van der Waals surface area contributed by atoms with E-state index in [-0.39, 0.29) is 11.9 Å². The zero-order valence-electron chi connectivity index (χ0n) is 11.2. The molecule has 1 heterocycles. The number of nitrogens with one attached hydrogen (secondary N) is 1. The van der Waals surface area contributed by atoms with Crippen molar-refractivity contribution in [3.63, 3.8) is 0 Å². The largest absolute Gasteiger partial charge is 0.490 e. The maximum atomic E-state index is 11.7. The van der Waals surface area contributed by atoms with Crippen LogP contribution >= 0.6 is 0 Å². The van der Waals surface area contributed by atoms with Gasteiger partial charge in [0.2, 0.25) is 5.91 Å². The van der Waals surface area contributed by atoms with E-state index in [9.17, 15) is 18.0 Å². The number of benzene rings is 1. The first-order chi connectivity index (χ1) is 9.73. The highest BCUT2D eigenvalue weighted by molar-refractivity contribution is 5.96. The number of carboxylic acid groups (broad SMARTS) is 1. The number of hydrogen-bond acceptors (Lipinski definition) is 3. The van der Waals surface area contributed by atoms with Crippen molar-refractivity contribution in [2.75, 3.05) is 18.0 Å². The SMILES string of the molecule is CC1CNCC(=O)N1c1ccccc1.O=C(O)C(F)(F)F. The Labute approximate surface area is 119 Å². The molecule has 116 valence electrons. The highest BCUT2D eigenvalue weighted by atomic mass is 19.4. The number of hydrogen-bond donors (Lipinski definition) is 2. The van der Waals surface area contributed by atoms with Crippen LogP contribution in [0.3, 0.4) is 0 Å². The van der Waals surface area contributed by atoms with Crippen LogP contribution in [-0.4, -0.2) is 42.3 Å². The third-order valence-corrected chi connectivity index (χ3v) is 2.70. The van der Waals surface area contributed by atoms with Gasteiger partial charge in [0.15, 0.2) is 0 Å². The van der Waals surface area contributed by atoms with Crippen molar-refractivity contribution in [2.45, 2.75) is 19.1 Å². The fourth-order valence-electron chi connectivity index (χ4n) is 1.80. The maximum Gasteiger partial charge on any atom is 0.490 e. The van der Waals surface area contributed by atoms with Crippen molar-refractivity contribution in [1.82, 2.24) is 5.32 Å². The Balaban J connectivity index is 0.000000270. The Morgan fingerprint density at radius 2 is 1.86 bits per heavy atom. The molecule has 0 radical (unpaired) electrons. The first-order valence-electron chi connectivity index (χ1n) is 6.11. The molecule has 5 nitrogen and oxygen atoms in total. The number of carboxylic acids is 1. The molecule has 1 aromatic carbocycles. The van der Waals surface area contributed by atoms with E-state index in [0.717, 1.165) is 12.2 Å². The zero-order valence-corrected chi connectivity index (χ0v) is 11.2. The zero-order chi connectivity index (χ0) is 16.0. The number of anilines is 1. The number of aliphatic carboxylic acids is 1. The molecule has 8 heteroatoms. The van der Waals surface area contributed by atoms with Gasteiger partial charge in [-0.2, -0.15) is 13.2 Å². The van der Waals surface area contributed by atoms with Crippen molar-refractivity contribution < 1.29 is 27.9 Å². The first kappa shape index (κ1) is 17.0. The lowest BCUT2D eigenvalue weighted by atomic mass is 10.1. The monoisotopic (exact) mass is 304 g/mol. The van der Waals surface area contributed by atoms with Crippen LogP contribution in [0.15, 0.2) is 30.3 Å². The lowest BCUT2D eigenvalue weighted by Crippen LogP contribution is -2.53. The molecule has 1 aliphatic heterocycles. The third kappa shape index (κ3) is 5.07. The standard InChI is InChI=1S/C11H14N2O.C2HF3O2/c1-9-7-12-8-11(14)13(9)10-5-3-2-4-6-10;3-2(4,5)1(6)7/h2-6,9,12H,7-8H2,1H3;(H,6,7). The van der Waals surface area contributed by atoms with Crippen LogP contribution in [0.4, 0.5) is 18.9 Å². The van der Waals surface area contributed by atoms with E-state index in [4.69, 9.17) is 9.90 Å². The molecule has 1 unspecified atom stereocenters. The van der Waals surface area contributed by atoms with Crippen molar-refractivity contribution in [2.24, 2.45) is 0 Å². The van der Waals surface area contributed by atoms with Crippen molar-refractivity contribution in [1.29, 1.82) is 0 Å². The van der Waals surface area contributed by atoms with Crippen LogP contribution in [0.5, 0.6) is 0 Å². The Hall–Kier alpha value is -2.09. The molecule has 1 aromatic rings. The van der Waals surface area contributed by atoms with E-state index in [1.807, 2.05) is 35.2 Å². The highest BCUT2D eigenvalue weighted by Crippen LogP contribution is 2.17. The van der Waals surface area contributed by atoms with Gasteiger partial charge in [-0.3, -0.25) is 4.79 Å². The summed E-state index contributed by atoms with van der Waals surface area (Å²) in [6, 6.07) is 10.0. The lowest BCUT2D eigenvalue weighted by Gasteiger charge is -2.33. The average Bonchev–Trinajstić information content (AvgIpc) is 2.39. The molecule has 2 N–H and O–H groups in total. The van der Waals surface area contributed by atoms with Gasteiger partial charge in [-0.05, 0) is 19.1 Å². The Bertz CT molecular complexity index is 491. The van der Waals surface area contributed by atoms with E-state index in [1.54, 1.807) is 0 Å². The molecule has 0 spiro atoms. The molecule has 0 bridgehead atoms. The summed E-state index contributed by atoms with van der Waals surface area (Å²) in [5.41, 5.74) is 0.992.